The molecule has 2 aliphatic carbocycles. The smallest absolute Gasteiger partial charge is 0.309 e. The zero-order valence-corrected chi connectivity index (χ0v) is 10.1. The van der Waals surface area contributed by atoms with E-state index in [0.29, 0.717) is 12.5 Å². The van der Waals surface area contributed by atoms with Gasteiger partial charge in [-0.05, 0) is 38.0 Å². The summed E-state index contributed by atoms with van der Waals surface area (Å²) in [6, 6.07) is 0. The van der Waals surface area contributed by atoms with Crippen molar-refractivity contribution in [3.63, 3.8) is 0 Å². The van der Waals surface area contributed by atoms with Gasteiger partial charge in [-0.1, -0.05) is 0 Å². The monoisotopic (exact) mass is 238 g/mol. The molecule has 0 aromatic heterocycles. The minimum atomic E-state index is -0.230. The second kappa shape index (κ2) is 3.72. The summed E-state index contributed by atoms with van der Waals surface area (Å²) in [7, 11) is 0. The van der Waals surface area contributed by atoms with Crippen molar-refractivity contribution in [2.75, 3.05) is 6.61 Å². The first-order chi connectivity index (χ1) is 8.06. The van der Waals surface area contributed by atoms with Crippen LogP contribution >= 0.6 is 0 Å². The maximum absolute atomic E-state index is 11.8. The van der Waals surface area contributed by atoms with E-state index in [1.807, 2.05) is 0 Å². The number of carbonyl (C=O) groups excluding carboxylic acids is 2. The molecular formula is C13H18O4. The second-order valence-electron chi connectivity index (χ2n) is 5.99. The van der Waals surface area contributed by atoms with Crippen LogP contribution in [0.5, 0.6) is 0 Å². The normalized spacial score (nSPS) is 43.1. The average Bonchev–Trinajstić information content (AvgIpc) is 2.40. The predicted molar refractivity (Wildman–Crippen MR) is 59.0 cm³/mol. The van der Waals surface area contributed by atoms with Crippen LogP contribution in [0, 0.1) is 17.3 Å². The van der Waals surface area contributed by atoms with Crippen LogP contribution in [0.25, 0.3) is 0 Å². The van der Waals surface area contributed by atoms with Crippen LogP contribution in [0.1, 0.15) is 39.0 Å². The summed E-state index contributed by atoms with van der Waals surface area (Å²) in [4.78, 5) is 22.8. The summed E-state index contributed by atoms with van der Waals surface area (Å²) in [5.74, 6) is 0.361. The minimum absolute atomic E-state index is 0.00826. The van der Waals surface area contributed by atoms with Gasteiger partial charge in [-0.2, -0.15) is 0 Å². The highest BCUT2D eigenvalue weighted by Crippen LogP contribution is 2.54. The van der Waals surface area contributed by atoms with Gasteiger partial charge in [0.15, 0.2) is 0 Å². The van der Waals surface area contributed by atoms with Gasteiger partial charge in [-0.15, -0.1) is 0 Å². The van der Waals surface area contributed by atoms with Gasteiger partial charge < -0.3 is 9.47 Å². The summed E-state index contributed by atoms with van der Waals surface area (Å²) >= 11 is 0. The third-order valence-electron chi connectivity index (χ3n) is 4.47. The SMILES string of the molecule is CC(=O)OCC12CC3CC(C1)OC(=O)C(C3)C2. The van der Waals surface area contributed by atoms with Crippen LogP contribution in [0.4, 0.5) is 0 Å². The molecule has 2 saturated heterocycles. The van der Waals surface area contributed by atoms with E-state index in [1.54, 1.807) is 0 Å². The first kappa shape index (κ1) is 11.1. The number of carbonyl (C=O) groups is 2. The van der Waals surface area contributed by atoms with Crippen LogP contribution < -0.4 is 0 Å². The standard InChI is InChI=1S/C13H18O4/c1-8(14)16-7-13-4-9-2-10(5-13)12(15)17-11(3-9)6-13/h9-11H,2-7H2,1H3. The van der Waals surface area contributed by atoms with Crippen molar-refractivity contribution in [3.8, 4) is 0 Å². The Morgan fingerprint density at radius 2 is 2.24 bits per heavy atom. The third-order valence-corrected chi connectivity index (χ3v) is 4.47. The van der Waals surface area contributed by atoms with Crippen LogP contribution in [0.3, 0.4) is 0 Å². The van der Waals surface area contributed by atoms with Crippen molar-refractivity contribution < 1.29 is 19.1 Å². The summed E-state index contributed by atoms with van der Waals surface area (Å²) in [5.41, 5.74) is 0.00826. The predicted octanol–water partition coefficient (Wildman–Crippen LogP) is 1.67. The molecule has 4 atom stereocenters. The lowest BCUT2D eigenvalue weighted by Gasteiger charge is -2.45. The number of fused-ring (bicyclic) bond motifs is 1. The molecule has 2 saturated carbocycles. The maximum atomic E-state index is 11.8. The molecule has 4 aliphatic rings. The minimum Gasteiger partial charge on any atom is -0.465 e. The van der Waals surface area contributed by atoms with Crippen molar-refractivity contribution in [2.45, 2.75) is 45.1 Å². The van der Waals surface area contributed by atoms with Crippen molar-refractivity contribution in [3.05, 3.63) is 0 Å². The summed E-state index contributed by atoms with van der Waals surface area (Å²) in [6.45, 7) is 1.90. The molecule has 2 aliphatic heterocycles. The lowest BCUT2D eigenvalue weighted by atomic mass is 9.59. The fourth-order valence-corrected chi connectivity index (χ4v) is 4.03. The Labute approximate surface area is 101 Å². The van der Waals surface area contributed by atoms with Gasteiger partial charge in [0, 0.05) is 12.3 Å². The van der Waals surface area contributed by atoms with Crippen LogP contribution in [0.15, 0.2) is 0 Å². The molecule has 0 aromatic rings. The lowest BCUT2D eigenvalue weighted by Crippen LogP contribution is -2.42. The Bertz CT molecular complexity index is 364. The Kier molecular flexibility index (Phi) is 2.42. The summed E-state index contributed by atoms with van der Waals surface area (Å²) in [6.07, 6.45) is 4.83. The fourth-order valence-electron chi connectivity index (χ4n) is 4.03. The second-order valence-corrected chi connectivity index (χ2v) is 5.99. The van der Waals surface area contributed by atoms with Gasteiger partial charge in [0.25, 0.3) is 0 Å². The van der Waals surface area contributed by atoms with Crippen molar-refractivity contribution in [1.82, 2.24) is 0 Å². The van der Waals surface area contributed by atoms with Gasteiger partial charge >= 0.3 is 11.9 Å². The van der Waals surface area contributed by atoms with Crippen LogP contribution in [0.2, 0.25) is 0 Å². The Balaban J connectivity index is 1.82. The van der Waals surface area contributed by atoms with Gasteiger partial charge in [0.1, 0.15) is 6.10 Å². The van der Waals surface area contributed by atoms with E-state index in [1.165, 1.54) is 6.92 Å². The molecule has 0 amide bonds. The molecule has 0 N–H and O–H groups in total. The number of rotatable bonds is 2. The molecule has 0 aromatic carbocycles. The van der Waals surface area contributed by atoms with E-state index in [0.717, 1.165) is 32.1 Å². The Morgan fingerprint density at radius 3 is 3.00 bits per heavy atom. The average molecular weight is 238 g/mol. The molecule has 94 valence electrons. The van der Waals surface area contributed by atoms with E-state index >= 15 is 0 Å². The van der Waals surface area contributed by atoms with Gasteiger partial charge in [-0.3, -0.25) is 9.59 Å². The van der Waals surface area contributed by atoms with Crippen molar-refractivity contribution in [1.29, 1.82) is 0 Å². The molecular weight excluding hydrogens is 220 g/mol. The fraction of sp³-hybridized carbons (Fsp3) is 0.846. The molecule has 4 unspecified atom stereocenters. The van der Waals surface area contributed by atoms with E-state index in [-0.39, 0.29) is 29.4 Å². The highest BCUT2D eigenvalue weighted by molar-refractivity contribution is 5.73. The van der Waals surface area contributed by atoms with Gasteiger partial charge in [-0.25, -0.2) is 0 Å². The van der Waals surface area contributed by atoms with E-state index in [4.69, 9.17) is 9.47 Å². The van der Waals surface area contributed by atoms with Crippen molar-refractivity contribution in [2.24, 2.45) is 17.3 Å². The first-order valence-electron chi connectivity index (χ1n) is 6.40. The zero-order chi connectivity index (χ0) is 12.0. The molecule has 0 spiro atoms. The van der Waals surface area contributed by atoms with Crippen molar-refractivity contribution >= 4 is 11.9 Å². The van der Waals surface area contributed by atoms with Gasteiger partial charge in [0.2, 0.25) is 0 Å². The highest BCUT2D eigenvalue weighted by atomic mass is 16.5. The topological polar surface area (TPSA) is 52.6 Å². The first-order valence-corrected chi connectivity index (χ1v) is 6.40. The molecule has 4 bridgehead atoms. The van der Waals surface area contributed by atoms with Gasteiger partial charge in [0.05, 0.1) is 12.5 Å². The molecule has 4 heteroatoms. The zero-order valence-electron chi connectivity index (χ0n) is 10.1. The number of esters is 2. The number of hydrogen-bond acceptors (Lipinski definition) is 4. The molecule has 4 fully saturated rings. The molecule has 2 heterocycles. The Morgan fingerprint density at radius 1 is 1.41 bits per heavy atom. The largest absolute Gasteiger partial charge is 0.465 e. The van der Waals surface area contributed by atoms with Crippen LogP contribution in [-0.2, 0) is 19.1 Å². The maximum Gasteiger partial charge on any atom is 0.309 e. The van der Waals surface area contributed by atoms with E-state index in [9.17, 15) is 9.59 Å². The lowest BCUT2D eigenvalue weighted by molar-refractivity contribution is -0.152. The molecule has 4 rings (SSSR count). The van der Waals surface area contributed by atoms with Crippen LogP contribution in [-0.4, -0.2) is 24.6 Å². The highest BCUT2D eigenvalue weighted by Gasteiger charge is 2.52. The van der Waals surface area contributed by atoms with E-state index in [2.05, 4.69) is 0 Å². The molecule has 0 radical (unpaired) electrons. The Hall–Kier alpha value is -1.06. The molecule has 4 nitrogen and oxygen atoms in total. The summed E-state index contributed by atoms with van der Waals surface area (Å²) < 4.78 is 10.7. The van der Waals surface area contributed by atoms with E-state index < -0.39 is 0 Å². The summed E-state index contributed by atoms with van der Waals surface area (Å²) in [5, 5.41) is 0. The number of ether oxygens (including phenoxy) is 2. The molecule has 17 heavy (non-hydrogen) atoms. The quantitative estimate of drug-likeness (QED) is 0.687. The number of hydrogen-bond donors (Lipinski definition) is 0. The third kappa shape index (κ3) is 1.94.